The summed E-state index contributed by atoms with van der Waals surface area (Å²) >= 11 is 0. The van der Waals surface area contributed by atoms with E-state index in [9.17, 15) is 9.59 Å². The Morgan fingerprint density at radius 3 is 1.27 bits per heavy atom. The average Bonchev–Trinajstić information content (AvgIpc) is 3.67. The van der Waals surface area contributed by atoms with E-state index in [1.807, 2.05) is 36.4 Å². The summed E-state index contributed by atoms with van der Waals surface area (Å²) in [6.07, 6.45) is 3.28. The third kappa shape index (κ3) is 6.23. The van der Waals surface area contributed by atoms with Crippen molar-refractivity contribution in [3.8, 4) is 57.1 Å². The first-order chi connectivity index (χ1) is 21.4. The molecule has 0 bridgehead atoms. The molecule has 12 nitrogen and oxygen atoms in total. The number of nitrogens with zero attached hydrogens (tertiary/aromatic N) is 4. The molecule has 0 atom stereocenters. The Kier molecular flexibility index (Phi) is 8.90. The quantitative estimate of drug-likeness (QED) is 0.263. The van der Waals surface area contributed by atoms with Crippen LogP contribution >= 0.6 is 0 Å². The molecule has 2 aromatic carbocycles. The number of nitrogens with one attached hydrogen (secondary N) is 2. The van der Waals surface area contributed by atoms with Gasteiger partial charge in [-0.3, -0.25) is 19.8 Å². The van der Waals surface area contributed by atoms with Crippen molar-refractivity contribution in [3.63, 3.8) is 0 Å². The second-order valence-electron chi connectivity index (χ2n) is 9.20. The van der Waals surface area contributed by atoms with Crippen molar-refractivity contribution in [2.24, 2.45) is 0 Å². The maximum absolute atomic E-state index is 12.1. The van der Waals surface area contributed by atoms with E-state index in [-0.39, 0.29) is 11.1 Å². The molecule has 0 aliphatic carbocycles. The molecular formula is C32H30N6O6. The summed E-state index contributed by atoms with van der Waals surface area (Å²) in [5.41, 5.74) is 2.65. The number of hydrogen-bond acceptors (Lipinski definition) is 8. The lowest BCUT2D eigenvalue weighted by Crippen LogP contribution is -2.14. The van der Waals surface area contributed by atoms with Crippen molar-refractivity contribution in [2.75, 3.05) is 28.4 Å². The van der Waals surface area contributed by atoms with E-state index < -0.39 is 0 Å². The van der Waals surface area contributed by atoms with Crippen LogP contribution in [0.4, 0.5) is 0 Å². The summed E-state index contributed by atoms with van der Waals surface area (Å²) in [5, 5.41) is 6.10. The van der Waals surface area contributed by atoms with E-state index >= 15 is 0 Å². The Morgan fingerprint density at radius 2 is 0.932 bits per heavy atom. The molecule has 224 valence electrons. The van der Waals surface area contributed by atoms with Crippen LogP contribution in [0.5, 0.6) is 23.0 Å². The molecule has 0 saturated heterocycles. The second-order valence-corrected chi connectivity index (χ2v) is 9.20. The zero-order valence-electron chi connectivity index (χ0n) is 24.5. The molecular weight excluding hydrogens is 564 g/mol. The van der Waals surface area contributed by atoms with Gasteiger partial charge in [-0.05, 0) is 60.7 Å². The maximum atomic E-state index is 12.1. The number of hydrogen-bond donors (Lipinski definition) is 2. The highest BCUT2D eigenvalue weighted by atomic mass is 16.5. The molecule has 0 aliphatic heterocycles. The van der Waals surface area contributed by atoms with E-state index in [2.05, 4.69) is 20.2 Å². The van der Waals surface area contributed by atoms with E-state index in [1.165, 1.54) is 21.5 Å². The van der Waals surface area contributed by atoms with Crippen LogP contribution in [0.2, 0.25) is 0 Å². The van der Waals surface area contributed by atoms with E-state index in [0.29, 0.717) is 46.0 Å². The fraction of sp³-hybridized carbons (Fsp3) is 0.125. The third-order valence-electron chi connectivity index (χ3n) is 6.59. The molecule has 0 aliphatic rings. The largest absolute Gasteiger partial charge is 0.493 e. The number of aromatic amines is 2. The normalized spacial score (nSPS) is 10.5. The highest BCUT2D eigenvalue weighted by molar-refractivity contribution is 5.65. The van der Waals surface area contributed by atoms with Crippen LogP contribution in [-0.2, 0) is 0 Å². The van der Waals surface area contributed by atoms with Crippen LogP contribution in [-0.4, -0.2) is 58.0 Å². The molecule has 0 radical (unpaired) electrons. The minimum Gasteiger partial charge on any atom is -0.493 e. The van der Waals surface area contributed by atoms with Gasteiger partial charge in [0.1, 0.15) is 0 Å². The minimum atomic E-state index is -0.177. The number of ether oxygens (including phenoxy) is 4. The summed E-state index contributed by atoms with van der Waals surface area (Å²) in [6, 6.07) is 24.7. The Hall–Kier alpha value is -6.04. The van der Waals surface area contributed by atoms with Crippen LogP contribution in [0.1, 0.15) is 0 Å². The molecule has 4 heterocycles. The highest BCUT2D eigenvalue weighted by Gasteiger charge is 2.12. The summed E-state index contributed by atoms with van der Waals surface area (Å²) in [5.74, 6) is 3.56. The fourth-order valence-corrected chi connectivity index (χ4v) is 4.41. The summed E-state index contributed by atoms with van der Waals surface area (Å²) in [7, 11) is 6.31. The molecule has 44 heavy (non-hydrogen) atoms. The van der Waals surface area contributed by atoms with Gasteiger partial charge in [-0.1, -0.05) is 12.1 Å². The van der Waals surface area contributed by atoms with Crippen molar-refractivity contribution in [1.82, 2.24) is 29.5 Å². The second kappa shape index (κ2) is 13.3. The number of pyridine rings is 2. The van der Waals surface area contributed by atoms with Crippen molar-refractivity contribution in [1.29, 1.82) is 0 Å². The molecule has 4 aromatic heterocycles. The lowest BCUT2D eigenvalue weighted by Gasteiger charge is -2.08. The van der Waals surface area contributed by atoms with Gasteiger partial charge < -0.3 is 18.9 Å². The molecule has 6 aromatic rings. The van der Waals surface area contributed by atoms with Gasteiger partial charge in [0.15, 0.2) is 34.6 Å². The van der Waals surface area contributed by atoms with E-state index in [0.717, 1.165) is 11.1 Å². The first-order valence-electron chi connectivity index (χ1n) is 13.4. The van der Waals surface area contributed by atoms with Gasteiger partial charge in [0.2, 0.25) is 0 Å². The lowest BCUT2D eigenvalue weighted by molar-refractivity contribution is 0.355. The van der Waals surface area contributed by atoms with Crippen LogP contribution < -0.4 is 30.1 Å². The van der Waals surface area contributed by atoms with Gasteiger partial charge in [0.05, 0.1) is 39.8 Å². The molecule has 6 rings (SSSR count). The number of benzene rings is 2. The molecule has 12 heteroatoms. The Labute approximate surface area is 252 Å². The summed E-state index contributed by atoms with van der Waals surface area (Å²) in [6.45, 7) is 0. The third-order valence-corrected chi connectivity index (χ3v) is 6.59. The maximum Gasteiger partial charge on any atom is 0.273 e. The predicted octanol–water partition coefficient (Wildman–Crippen LogP) is 4.49. The Morgan fingerprint density at radius 1 is 0.523 bits per heavy atom. The topological polar surface area (TPSA) is 138 Å². The van der Waals surface area contributed by atoms with Crippen molar-refractivity contribution >= 4 is 0 Å². The van der Waals surface area contributed by atoms with E-state index in [4.69, 9.17) is 18.9 Å². The van der Waals surface area contributed by atoms with Gasteiger partial charge in [-0.25, -0.2) is 19.3 Å². The minimum absolute atomic E-state index is 0.177. The monoisotopic (exact) mass is 594 g/mol. The molecule has 0 fully saturated rings. The first-order valence-corrected chi connectivity index (χ1v) is 13.4. The van der Waals surface area contributed by atoms with Gasteiger partial charge in [0, 0.05) is 35.7 Å². The predicted molar refractivity (Wildman–Crippen MR) is 165 cm³/mol. The van der Waals surface area contributed by atoms with Gasteiger partial charge in [0.25, 0.3) is 11.1 Å². The fourth-order valence-electron chi connectivity index (χ4n) is 4.41. The first kappa shape index (κ1) is 29.5. The number of rotatable bonds is 8. The zero-order valence-corrected chi connectivity index (χ0v) is 24.5. The van der Waals surface area contributed by atoms with Gasteiger partial charge in [-0.2, -0.15) is 0 Å². The molecule has 0 saturated carbocycles. The van der Waals surface area contributed by atoms with Crippen molar-refractivity contribution < 1.29 is 18.9 Å². The van der Waals surface area contributed by atoms with Crippen molar-refractivity contribution in [3.05, 3.63) is 118 Å². The standard InChI is InChI=1S/2C16H15N3O3/c2*1-21-13-7-6-11(9-14(13)22-2)12-10-16(20)19(18-12)15-5-3-4-8-17-15/h2*3-10,18H,1-2H3. The molecule has 2 N–H and O–H groups in total. The van der Waals surface area contributed by atoms with Crippen LogP contribution in [0.25, 0.3) is 34.2 Å². The van der Waals surface area contributed by atoms with Crippen molar-refractivity contribution in [2.45, 2.75) is 0 Å². The van der Waals surface area contributed by atoms with Crippen LogP contribution in [0, 0.1) is 0 Å². The number of H-pyrrole nitrogens is 2. The zero-order chi connectivity index (χ0) is 31.1. The number of methoxy groups -OCH3 is 4. The van der Waals surface area contributed by atoms with E-state index in [1.54, 1.807) is 77.2 Å². The molecule has 0 unspecified atom stereocenters. The van der Waals surface area contributed by atoms with Gasteiger partial charge in [-0.15, -0.1) is 0 Å². The SMILES string of the molecule is COc1ccc(-c2cc(=O)n(-c3ccccn3)[nH]2)cc1OC.COc1ccc(-c2cc(=O)n(-c3ccccn3)[nH]2)cc1OC. The Balaban J connectivity index is 0.000000175. The number of aromatic nitrogens is 6. The smallest absolute Gasteiger partial charge is 0.273 e. The van der Waals surface area contributed by atoms with Crippen LogP contribution in [0.15, 0.2) is 107 Å². The average molecular weight is 595 g/mol. The molecule has 0 amide bonds. The summed E-state index contributed by atoms with van der Waals surface area (Å²) in [4.78, 5) is 32.6. The summed E-state index contributed by atoms with van der Waals surface area (Å²) < 4.78 is 23.8. The highest BCUT2D eigenvalue weighted by Crippen LogP contribution is 2.32. The van der Waals surface area contributed by atoms with Crippen LogP contribution in [0.3, 0.4) is 0 Å². The molecule has 0 spiro atoms. The Bertz CT molecular complexity index is 1820. The lowest BCUT2D eigenvalue weighted by atomic mass is 10.1. The van der Waals surface area contributed by atoms with Gasteiger partial charge >= 0.3 is 0 Å².